The zero-order chi connectivity index (χ0) is 18.4. The van der Waals surface area contributed by atoms with Crippen LogP contribution in [0.2, 0.25) is 5.02 Å². The van der Waals surface area contributed by atoms with E-state index in [0.29, 0.717) is 12.5 Å². The molecule has 1 fully saturated rings. The average Bonchev–Trinajstić information content (AvgIpc) is 3.34. The van der Waals surface area contributed by atoms with E-state index in [-0.39, 0.29) is 41.8 Å². The summed E-state index contributed by atoms with van der Waals surface area (Å²) >= 11 is 6.37. The van der Waals surface area contributed by atoms with Gasteiger partial charge < -0.3 is 15.5 Å². The van der Waals surface area contributed by atoms with Crippen LogP contribution in [-0.4, -0.2) is 50.5 Å². The van der Waals surface area contributed by atoms with Crippen LogP contribution in [0.1, 0.15) is 25.3 Å². The minimum Gasteiger partial charge on any atom is -0.355 e. The summed E-state index contributed by atoms with van der Waals surface area (Å²) in [4.78, 5) is 17.7. The smallest absolute Gasteiger partial charge is 0.243 e. The lowest BCUT2D eigenvalue weighted by Crippen LogP contribution is -2.42. The van der Waals surface area contributed by atoms with Crippen molar-refractivity contribution in [2.45, 2.75) is 25.2 Å². The van der Waals surface area contributed by atoms with Crippen LogP contribution in [-0.2, 0) is 10.2 Å². The van der Waals surface area contributed by atoms with Crippen LogP contribution < -0.4 is 10.6 Å². The van der Waals surface area contributed by atoms with Crippen LogP contribution in [0, 0.1) is 0 Å². The van der Waals surface area contributed by atoms with Gasteiger partial charge in [-0.25, -0.2) is 4.99 Å². The van der Waals surface area contributed by atoms with Gasteiger partial charge in [0.1, 0.15) is 6.54 Å². The molecule has 1 aromatic carbocycles. The number of benzene rings is 1. The summed E-state index contributed by atoms with van der Waals surface area (Å²) in [7, 11) is 3.45. The molecular weight excluding hydrogens is 463 g/mol. The van der Waals surface area contributed by atoms with Gasteiger partial charge in [0.15, 0.2) is 5.96 Å². The van der Waals surface area contributed by atoms with Gasteiger partial charge in [0, 0.05) is 37.6 Å². The van der Waals surface area contributed by atoms with Gasteiger partial charge in [0.25, 0.3) is 0 Å². The molecule has 0 saturated heterocycles. The number of carbonyl (C=O) groups excluding carboxylic acids is 1. The lowest BCUT2D eigenvalue weighted by molar-refractivity contribution is -0.127. The van der Waals surface area contributed by atoms with Crippen molar-refractivity contribution in [2.75, 3.05) is 33.7 Å². The maximum Gasteiger partial charge on any atom is 0.243 e. The highest BCUT2D eigenvalue weighted by Gasteiger charge is 2.45. The molecule has 2 rings (SSSR count). The Balaban J connectivity index is 0.00000338. The number of aliphatic imine (C=N–C) groups is 1. The van der Waals surface area contributed by atoms with Gasteiger partial charge in [0.05, 0.1) is 0 Å². The van der Waals surface area contributed by atoms with Crippen LogP contribution in [0.25, 0.3) is 0 Å². The molecule has 1 aliphatic rings. The molecule has 144 valence electrons. The van der Waals surface area contributed by atoms with E-state index in [9.17, 15) is 4.79 Å². The number of likely N-dealkylation sites (N-methyl/N-ethyl adjacent to an activating group) is 1. The first-order valence-electron chi connectivity index (χ1n) is 8.46. The largest absolute Gasteiger partial charge is 0.355 e. The first kappa shape index (κ1) is 22.8. The molecule has 0 radical (unpaired) electrons. The fourth-order valence-electron chi connectivity index (χ4n) is 2.53. The number of rotatable bonds is 7. The molecule has 1 aliphatic carbocycles. The van der Waals surface area contributed by atoms with Crippen molar-refractivity contribution in [3.63, 3.8) is 0 Å². The molecular formula is C19H28ClIN4O. The van der Waals surface area contributed by atoms with Crippen LogP contribution >= 0.6 is 35.6 Å². The average molecular weight is 491 g/mol. The van der Waals surface area contributed by atoms with Crippen LogP contribution in [0.4, 0.5) is 0 Å². The van der Waals surface area contributed by atoms with Gasteiger partial charge in [-0.1, -0.05) is 42.0 Å². The highest BCUT2D eigenvalue weighted by atomic mass is 127. The molecule has 7 heteroatoms. The Bertz CT molecular complexity index is 671. The summed E-state index contributed by atoms with van der Waals surface area (Å²) in [5.74, 6) is 0.584. The SMILES string of the molecule is C=C(C)CNC(=NCC(=O)N(C)C)NCC1(c2ccccc2Cl)CC1.I. The highest BCUT2D eigenvalue weighted by molar-refractivity contribution is 14.0. The Labute approximate surface area is 178 Å². The van der Waals surface area contributed by atoms with Gasteiger partial charge >= 0.3 is 0 Å². The second-order valence-electron chi connectivity index (χ2n) is 6.88. The minimum absolute atomic E-state index is 0. The number of hydrogen-bond donors (Lipinski definition) is 2. The van der Waals surface area contributed by atoms with E-state index in [1.807, 2.05) is 25.1 Å². The quantitative estimate of drug-likeness (QED) is 0.267. The lowest BCUT2D eigenvalue weighted by atomic mass is 9.96. The second-order valence-corrected chi connectivity index (χ2v) is 7.28. The molecule has 26 heavy (non-hydrogen) atoms. The van der Waals surface area contributed by atoms with Crippen LogP contribution in [0.15, 0.2) is 41.4 Å². The molecule has 1 aromatic rings. The minimum atomic E-state index is -0.0383. The van der Waals surface area contributed by atoms with Gasteiger partial charge in [0.2, 0.25) is 5.91 Å². The maximum atomic E-state index is 11.8. The van der Waals surface area contributed by atoms with Gasteiger partial charge in [-0.05, 0) is 31.4 Å². The summed E-state index contributed by atoms with van der Waals surface area (Å²) in [5.41, 5.74) is 2.23. The summed E-state index contributed by atoms with van der Waals surface area (Å²) in [5, 5.41) is 7.39. The Morgan fingerprint density at radius 3 is 2.50 bits per heavy atom. The number of halogens is 2. The monoisotopic (exact) mass is 490 g/mol. The summed E-state index contributed by atoms with van der Waals surface area (Å²) in [6.07, 6.45) is 2.18. The Kier molecular flexibility index (Phi) is 8.89. The van der Waals surface area contributed by atoms with Crippen LogP contribution in [0.3, 0.4) is 0 Å². The zero-order valence-corrected chi connectivity index (χ0v) is 18.7. The van der Waals surface area contributed by atoms with E-state index in [1.54, 1.807) is 14.1 Å². The normalized spacial score (nSPS) is 14.8. The van der Waals surface area contributed by atoms with Crippen molar-refractivity contribution in [3.8, 4) is 0 Å². The van der Waals surface area contributed by atoms with Crippen LogP contribution in [0.5, 0.6) is 0 Å². The van der Waals surface area contributed by atoms with Gasteiger partial charge in [-0.15, -0.1) is 24.0 Å². The number of guanidine groups is 1. The van der Waals surface area contributed by atoms with Crippen molar-refractivity contribution in [1.82, 2.24) is 15.5 Å². The van der Waals surface area contributed by atoms with Gasteiger partial charge in [-0.2, -0.15) is 0 Å². The van der Waals surface area contributed by atoms with Crippen molar-refractivity contribution < 1.29 is 4.79 Å². The predicted octanol–water partition coefficient (Wildman–Crippen LogP) is 3.19. The molecule has 5 nitrogen and oxygen atoms in total. The van der Waals surface area contributed by atoms with E-state index < -0.39 is 0 Å². The lowest BCUT2D eigenvalue weighted by Gasteiger charge is -2.20. The third kappa shape index (κ3) is 6.46. The molecule has 1 saturated carbocycles. The molecule has 0 aromatic heterocycles. The van der Waals surface area contributed by atoms with E-state index >= 15 is 0 Å². The number of nitrogens with zero attached hydrogens (tertiary/aromatic N) is 2. The molecule has 2 N–H and O–H groups in total. The fourth-order valence-corrected chi connectivity index (χ4v) is 2.87. The van der Waals surface area contributed by atoms with Crippen molar-refractivity contribution in [1.29, 1.82) is 0 Å². The summed E-state index contributed by atoms with van der Waals surface area (Å²) in [6.45, 7) is 7.29. The molecule has 0 unspecified atom stereocenters. The molecule has 0 bridgehead atoms. The predicted molar refractivity (Wildman–Crippen MR) is 120 cm³/mol. The van der Waals surface area contributed by atoms with Crippen molar-refractivity contribution in [3.05, 3.63) is 47.0 Å². The second kappa shape index (κ2) is 10.2. The van der Waals surface area contributed by atoms with Crippen molar-refractivity contribution >= 4 is 47.4 Å². The Hall–Kier alpha value is -1.28. The topological polar surface area (TPSA) is 56.7 Å². The maximum absolute atomic E-state index is 11.8. The first-order chi connectivity index (χ1) is 11.8. The summed E-state index contributed by atoms with van der Waals surface area (Å²) in [6, 6.07) is 7.99. The third-order valence-corrected chi connectivity index (χ3v) is 4.65. The highest BCUT2D eigenvalue weighted by Crippen LogP contribution is 2.49. The zero-order valence-electron chi connectivity index (χ0n) is 15.6. The van der Waals surface area contributed by atoms with E-state index in [1.165, 1.54) is 10.5 Å². The van der Waals surface area contributed by atoms with Crippen molar-refractivity contribution in [2.24, 2.45) is 4.99 Å². The number of amides is 1. The summed E-state index contributed by atoms with van der Waals surface area (Å²) < 4.78 is 0. The first-order valence-corrected chi connectivity index (χ1v) is 8.83. The van der Waals surface area contributed by atoms with E-state index in [4.69, 9.17) is 11.6 Å². The third-order valence-electron chi connectivity index (χ3n) is 4.32. The molecule has 0 spiro atoms. The fraction of sp³-hybridized carbons (Fsp3) is 0.474. The Morgan fingerprint density at radius 2 is 1.96 bits per heavy atom. The molecule has 0 aliphatic heterocycles. The standard InChI is InChI=1S/C19H27ClN4O.HI/c1-14(2)11-21-18(22-12-17(25)24(3)4)23-13-19(9-10-19)15-7-5-6-8-16(15)20;/h5-8H,1,9-13H2,2-4H3,(H2,21,22,23);1H. The van der Waals surface area contributed by atoms with E-state index in [0.717, 1.165) is 30.0 Å². The number of hydrogen-bond acceptors (Lipinski definition) is 2. The van der Waals surface area contributed by atoms with E-state index in [2.05, 4.69) is 28.3 Å². The number of nitrogens with one attached hydrogen (secondary N) is 2. The molecule has 0 atom stereocenters. The Morgan fingerprint density at radius 1 is 1.31 bits per heavy atom. The molecule has 0 heterocycles. The molecule has 1 amide bonds. The number of carbonyl (C=O) groups is 1. The van der Waals surface area contributed by atoms with Gasteiger partial charge in [-0.3, -0.25) is 4.79 Å².